The van der Waals surface area contributed by atoms with Crippen molar-refractivity contribution >= 4 is 21.4 Å². The van der Waals surface area contributed by atoms with Gasteiger partial charge in [0.25, 0.3) is 0 Å². The molecule has 0 radical (unpaired) electrons. The third kappa shape index (κ3) is 5.40. The number of hydrogen-bond acceptors (Lipinski definition) is 5. The Morgan fingerprint density at radius 1 is 1.50 bits per heavy atom. The summed E-state index contributed by atoms with van der Waals surface area (Å²) in [6.45, 7) is 4.07. The van der Waals surface area contributed by atoms with E-state index in [1.54, 1.807) is 10.9 Å². The van der Waals surface area contributed by atoms with Crippen molar-refractivity contribution in [3.63, 3.8) is 0 Å². The zero-order valence-corrected chi connectivity index (χ0v) is 14.0. The van der Waals surface area contributed by atoms with E-state index in [2.05, 4.69) is 10.4 Å². The first kappa shape index (κ1) is 17.4. The molecule has 0 saturated heterocycles. The van der Waals surface area contributed by atoms with Crippen molar-refractivity contribution in [2.24, 2.45) is 0 Å². The van der Waals surface area contributed by atoms with E-state index in [0.717, 1.165) is 12.2 Å². The first-order valence-corrected chi connectivity index (χ1v) is 8.95. The van der Waals surface area contributed by atoms with E-state index in [1.165, 1.54) is 6.26 Å². The maximum atomic E-state index is 11.6. The van der Waals surface area contributed by atoms with E-state index in [-0.39, 0.29) is 11.8 Å². The molecule has 1 unspecified atom stereocenters. The summed E-state index contributed by atoms with van der Waals surface area (Å²) in [4.78, 5) is 2.04. The highest BCUT2D eigenvalue weighted by Gasteiger charge is 2.23. The summed E-state index contributed by atoms with van der Waals surface area (Å²) in [7, 11) is 0.841. The van der Waals surface area contributed by atoms with Gasteiger partial charge in [0.05, 0.1) is 35.3 Å². The molecule has 1 heterocycles. The van der Waals surface area contributed by atoms with Gasteiger partial charge in [0.15, 0.2) is 0 Å². The first-order chi connectivity index (χ1) is 9.24. The van der Waals surface area contributed by atoms with Crippen molar-refractivity contribution in [3.05, 3.63) is 16.9 Å². The summed E-state index contributed by atoms with van der Waals surface area (Å²) in [5, 5.41) is 7.91. The second-order valence-corrected chi connectivity index (χ2v) is 7.70. The molecule has 0 aromatic carbocycles. The first-order valence-electron chi connectivity index (χ1n) is 6.51. The molecule has 0 amide bonds. The van der Waals surface area contributed by atoms with Gasteiger partial charge in [-0.1, -0.05) is 18.5 Å². The number of rotatable bonds is 8. The third-order valence-electron chi connectivity index (χ3n) is 2.84. The Hall–Kier alpha value is -0.630. The van der Waals surface area contributed by atoms with Crippen LogP contribution < -0.4 is 5.32 Å². The lowest BCUT2D eigenvalue weighted by Crippen LogP contribution is -2.31. The van der Waals surface area contributed by atoms with Crippen molar-refractivity contribution < 1.29 is 8.42 Å². The highest BCUT2D eigenvalue weighted by Crippen LogP contribution is 2.24. The molecule has 0 saturated carbocycles. The summed E-state index contributed by atoms with van der Waals surface area (Å²) in [6.07, 6.45) is 2.80. The molecule has 0 aliphatic heterocycles. The Morgan fingerprint density at radius 2 is 2.15 bits per heavy atom. The Bertz CT molecular complexity index is 528. The maximum absolute atomic E-state index is 11.6. The molecule has 1 N–H and O–H groups in total. The lowest BCUT2D eigenvalue weighted by molar-refractivity contribution is 0.364. The zero-order chi connectivity index (χ0) is 15.3. The van der Waals surface area contributed by atoms with Gasteiger partial charge >= 0.3 is 0 Å². The van der Waals surface area contributed by atoms with Crippen LogP contribution in [-0.2, 0) is 16.4 Å². The van der Waals surface area contributed by atoms with Gasteiger partial charge in [-0.05, 0) is 20.6 Å². The van der Waals surface area contributed by atoms with Crippen LogP contribution in [0, 0.1) is 0 Å². The molecule has 1 aromatic heterocycles. The summed E-state index contributed by atoms with van der Waals surface area (Å²) < 4.78 is 24.9. The predicted octanol–water partition coefficient (Wildman–Crippen LogP) is 0.793. The van der Waals surface area contributed by atoms with Gasteiger partial charge in [-0.15, -0.1) is 0 Å². The zero-order valence-electron chi connectivity index (χ0n) is 12.4. The predicted molar refractivity (Wildman–Crippen MR) is 81.9 cm³/mol. The second kappa shape index (κ2) is 7.40. The van der Waals surface area contributed by atoms with E-state index in [9.17, 15) is 8.42 Å². The van der Waals surface area contributed by atoms with Crippen molar-refractivity contribution in [1.29, 1.82) is 0 Å². The van der Waals surface area contributed by atoms with Gasteiger partial charge in [-0.2, -0.15) is 5.10 Å². The fraction of sp³-hybridized carbons (Fsp3) is 0.750. The Morgan fingerprint density at radius 3 is 2.65 bits per heavy atom. The third-order valence-corrected chi connectivity index (χ3v) is 4.07. The van der Waals surface area contributed by atoms with Crippen LogP contribution in [0.4, 0.5) is 0 Å². The molecule has 1 atom stereocenters. The minimum absolute atomic E-state index is 0.00815. The smallest absolute Gasteiger partial charge is 0.149 e. The molecular weight excluding hydrogens is 300 g/mol. The van der Waals surface area contributed by atoms with Crippen LogP contribution in [0.2, 0.25) is 5.02 Å². The number of likely N-dealkylation sites (N-methyl/N-ethyl adjacent to an activating group) is 1. The fourth-order valence-electron chi connectivity index (χ4n) is 1.97. The van der Waals surface area contributed by atoms with Crippen LogP contribution >= 0.6 is 11.6 Å². The van der Waals surface area contributed by atoms with E-state index in [1.807, 2.05) is 25.9 Å². The van der Waals surface area contributed by atoms with E-state index in [4.69, 9.17) is 11.6 Å². The normalized spacial score (nSPS) is 13.9. The molecule has 0 bridgehead atoms. The Labute approximate surface area is 126 Å². The van der Waals surface area contributed by atoms with Crippen LogP contribution in [0.15, 0.2) is 6.20 Å². The van der Waals surface area contributed by atoms with Crippen LogP contribution in [-0.4, -0.2) is 62.3 Å². The average Bonchev–Trinajstić information content (AvgIpc) is 2.65. The largest absolute Gasteiger partial charge is 0.308 e. The lowest BCUT2D eigenvalue weighted by atomic mass is 10.2. The quantitative estimate of drug-likeness (QED) is 0.766. The Kier molecular flexibility index (Phi) is 6.44. The number of halogens is 1. The number of nitrogens with zero attached hydrogens (tertiary/aromatic N) is 3. The van der Waals surface area contributed by atoms with Gasteiger partial charge in [0.1, 0.15) is 9.84 Å². The summed E-state index contributed by atoms with van der Waals surface area (Å²) in [5.41, 5.74) is 0.737. The SMILES string of the molecule is CCNC(CS(C)(=O)=O)c1c(Cl)cnn1CCN(C)C. The molecule has 1 aromatic rings. The topological polar surface area (TPSA) is 67.2 Å². The van der Waals surface area contributed by atoms with Gasteiger partial charge in [-0.25, -0.2) is 8.42 Å². The van der Waals surface area contributed by atoms with E-state index >= 15 is 0 Å². The molecule has 0 spiro atoms. The standard InChI is InChI=1S/C12H23ClN4O2S/c1-5-14-11(9-20(4,18)19)12-10(13)8-15-17(12)7-6-16(2)3/h8,11,14H,5-7,9H2,1-4H3. The van der Waals surface area contributed by atoms with Crippen molar-refractivity contribution in [2.45, 2.75) is 19.5 Å². The van der Waals surface area contributed by atoms with Crippen LogP contribution in [0.1, 0.15) is 18.7 Å². The van der Waals surface area contributed by atoms with Gasteiger partial charge < -0.3 is 10.2 Å². The molecule has 116 valence electrons. The average molecular weight is 323 g/mol. The van der Waals surface area contributed by atoms with Crippen LogP contribution in [0.5, 0.6) is 0 Å². The fourth-order valence-corrected chi connectivity index (χ4v) is 3.13. The molecule has 0 aliphatic rings. The molecule has 8 heteroatoms. The van der Waals surface area contributed by atoms with Crippen molar-refractivity contribution in [1.82, 2.24) is 20.0 Å². The highest BCUT2D eigenvalue weighted by molar-refractivity contribution is 7.90. The number of aromatic nitrogens is 2. The second-order valence-electron chi connectivity index (χ2n) is 5.11. The summed E-state index contributed by atoms with van der Waals surface area (Å²) in [6, 6.07) is -0.341. The summed E-state index contributed by atoms with van der Waals surface area (Å²) >= 11 is 6.19. The number of sulfone groups is 1. The molecule has 1 rings (SSSR count). The van der Waals surface area contributed by atoms with E-state index < -0.39 is 9.84 Å². The van der Waals surface area contributed by atoms with Crippen LogP contribution in [0.3, 0.4) is 0 Å². The van der Waals surface area contributed by atoms with Gasteiger partial charge in [0, 0.05) is 12.8 Å². The van der Waals surface area contributed by atoms with Gasteiger partial charge in [0.2, 0.25) is 0 Å². The lowest BCUT2D eigenvalue weighted by Gasteiger charge is -2.20. The summed E-state index contributed by atoms with van der Waals surface area (Å²) in [5.74, 6) is 0.00815. The highest BCUT2D eigenvalue weighted by atomic mass is 35.5. The van der Waals surface area contributed by atoms with Crippen molar-refractivity contribution in [3.8, 4) is 0 Å². The number of hydrogen-bond donors (Lipinski definition) is 1. The molecular formula is C12H23ClN4O2S. The minimum atomic E-state index is -3.11. The molecule has 0 fully saturated rings. The monoisotopic (exact) mass is 322 g/mol. The molecule has 0 aliphatic carbocycles. The maximum Gasteiger partial charge on any atom is 0.149 e. The van der Waals surface area contributed by atoms with Gasteiger partial charge in [-0.3, -0.25) is 4.68 Å². The van der Waals surface area contributed by atoms with E-state index in [0.29, 0.717) is 18.1 Å². The molecule has 20 heavy (non-hydrogen) atoms. The van der Waals surface area contributed by atoms with Crippen molar-refractivity contribution in [2.75, 3.05) is 39.2 Å². The number of nitrogens with one attached hydrogen (secondary N) is 1. The Balaban J connectivity index is 3.02. The van der Waals surface area contributed by atoms with Crippen LogP contribution in [0.25, 0.3) is 0 Å². The molecule has 6 nitrogen and oxygen atoms in total. The minimum Gasteiger partial charge on any atom is -0.308 e.